The van der Waals surface area contributed by atoms with Gasteiger partial charge in [0.15, 0.2) is 5.82 Å². The summed E-state index contributed by atoms with van der Waals surface area (Å²) < 4.78 is 40.1. The smallest absolute Gasteiger partial charge is 0.459 e. The van der Waals surface area contributed by atoms with Gasteiger partial charge in [0.2, 0.25) is 0 Å². The molecule has 0 amide bonds. The van der Waals surface area contributed by atoms with E-state index in [1.54, 1.807) is 31.2 Å². The van der Waals surface area contributed by atoms with E-state index in [1.807, 2.05) is 67.6 Å². The molecule has 5 aromatic rings. The van der Waals surface area contributed by atoms with Crippen molar-refractivity contribution in [2.45, 2.75) is 65.3 Å². The summed E-state index contributed by atoms with van der Waals surface area (Å²) in [7, 11) is -4.14. The molecule has 248 valence electrons. The number of benzene rings is 3. The normalized spacial score (nSPS) is 14.1. The molecule has 3 atom stereocenters. The van der Waals surface area contributed by atoms with Gasteiger partial charge in [0.25, 0.3) is 0 Å². The molecule has 0 aliphatic heterocycles. The van der Waals surface area contributed by atoms with E-state index >= 15 is 0 Å². The van der Waals surface area contributed by atoms with Gasteiger partial charge in [-0.3, -0.25) is 9.32 Å². The van der Waals surface area contributed by atoms with E-state index < -0.39 is 19.8 Å². The van der Waals surface area contributed by atoms with Crippen molar-refractivity contribution in [3.05, 3.63) is 96.3 Å². The highest BCUT2D eigenvalue weighted by Gasteiger charge is 2.34. The number of fused-ring (bicyclic) bond motifs is 3. The van der Waals surface area contributed by atoms with Gasteiger partial charge in [0.1, 0.15) is 36.3 Å². The quantitative estimate of drug-likeness (QED) is 0.0769. The van der Waals surface area contributed by atoms with Gasteiger partial charge in [-0.1, -0.05) is 86.5 Å². The number of nitrogen functional groups attached to an aromatic ring is 1. The van der Waals surface area contributed by atoms with E-state index in [9.17, 15) is 9.36 Å². The van der Waals surface area contributed by atoms with Crippen LogP contribution in [0.4, 0.5) is 5.82 Å². The lowest BCUT2D eigenvalue weighted by Crippen LogP contribution is -2.35. The van der Waals surface area contributed by atoms with Crippen molar-refractivity contribution in [1.29, 1.82) is 0 Å². The number of nitrogens with two attached hydrogens (primary N) is 1. The van der Waals surface area contributed by atoms with Crippen molar-refractivity contribution in [2.24, 2.45) is 0 Å². The number of anilines is 1. The molecule has 47 heavy (non-hydrogen) atoms. The number of carbonyl (C=O) groups excluding carboxylic acids is 1. The monoisotopic (exact) mass is 659 g/mol. The third-order valence-electron chi connectivity index (χ3n) is 7.65. The van der Waals surface area contributed by atoms with Crippen molar-refractivity contribution < 1.29 is 27.9 Å². The summed E-state index contributed by atoms with van der Waals surface area (Å²) in [4.78, 5) is 22.5. The van der Waals surface area contributed by atoms with E-state index in [1.165, 1.54) is 0 Å². The average Bonchev–Trinajstić information content (AvgIpc) is 3.47. The lowest BCUT2D eigenvalue weighted by molar-refractivity contribution is -0.146. The third kappa shape index (κ3) is 8.55. The predicted molar refractivity (Wildman–Crippen MR) is 183 cm³/mol. The summed E-state index contributed by atoms with van der Waals surface area (Å²) >= 11 is 0. The first-order valence-electron chi connectivity index (χ1n) is 15.9. The van der Waals surface area contributed by atoms with Gasteiger partial charge in [0.05, 0.1) is 23.7 Å². The zero-order valence-electron chi connectivity index (χ0n) is 27.0. The van der Waals surface area contributed by atoms with Crippen LogP contribution in [-0.2, 0) is 36.6 Å². The van der Waals surface area contributed by atoms with E-state index in [0.717, 1.165) is 34.8 Å². The molecule has 0 bridgehead atoms. The maximum atomic E-state index is 14.5. The number of para-hydroxylation sites is 2. The van der Waals surface area contributed by atoms with Crippen LogP contribution >= 0.6 is 7.75 Å². The summed E-state index contributed by atoms with van der Waals surface area (Å²) in [6.07, 6.45) is 2.46. The number of imidazole rings is 1. The minimum absolute atomic E-state index is 0.0238. The summed E-state index contributed by atoms with van der Waals surface area (Å²) in [5.74, 6) is 0.702. The highest BCUT2D eigenvalue weighted by molar-refractivity contribution is 7.52. The molecule has 0 fully saturated rings. The van der Waals surface area contributed by atoms with Crippen LogP contribution < -0.4 is 15.3 Å². The van der Waals surface area contributed by atoms with Crippen molar-refractivity contribution in [3.63, 3.8) is 0 Å². The summed E-state index contributed by atoms with van der Waals surface area (Å²) in [6, 6.07) is 24.5. The molecule has 2 aromatic heterocycles. The summed E-state index contributed by atoms with van der Waals surface area (Å²) in [6.45, 7) is 6.39. The molecule has 3 N–H and O–H groups in total. The van der Waals surface area contributed by atoms with Crippen LogP contribution in [0.25, 0.3) is 21.9 Å². The molecule has 0 saturated heterocycles. The van der Waals surface area contributed by atoms with Gasteiger partial charge in [-0.25, -0.2) is 14.5 Å². The van der Waals surface area contributed by atoms with Crippen LogP contribution in [0.15, 0.2) is 84.9 Å². The van der Waals surface area contributed by atoms with Crippen LogP contribution in [0, 0.1) is 0 Å². The summed E-state index contributed by atoms with van der Waals surface area (Å²) in [5, 5.41) is 3.70. The van der Waals surface area contributed by atoms with Gasteiger partial charge in [0, 0.05) is 12.0 Å². The highest BCUT2D eigenvalue weighted by atomic mass is 31.2. The van der Waals surface area contributed by atoms with E-state index in [-0.39, 0.29) is 25.9 Å². The number of unbranched alkanes of at least 4 members (excludes halogenated alkanes) is 1. The molecule has 12 heteroatoms. The minimum Gasteiger partial charge on any atom is -0.460 e. The Morgan fingerprint density at radius 1 is 0.957 bits per heavy atom. The Morgan fingerprint density at radius 3 is 2.38 bits per heavy atom. The first-order valence-corrected chi connectivity index (χ1v) is 17.5. The number of ether oxygens (including phenoxy) is 2. The molecule has 2 heterocycles. The second kappa shape index (κ2) is 16.0. The molecule has 3 aromatic carbocycles. The van der Waals surface area contributed by atoms with Crippen LogP contribution in [0.5, 0.6) is 5.75 Å². The standard InChI is InChI=1S/C35H42N5O6P/c1-4-6-17-27(40-31(24-43-5-2)38-32-33(40)29-20-13-14-21-30(29)37-34(32)36)23-45-47(42,46-28-18-11-8-12-19-28)39-25(3)35(41)44-22-26-15-9-7-10-16-26/h7-16,18-21,25,27H,4-6,17,22-24H2,1-3H3,(H2,36,37)(H,39,42)/t25-,27+,47-/m0/s1. The number of hydrogen-bond donors (Lipinski definition) is 2. The molecule has 0 radical (unpaired) electrons. The number of carbonyl (C=O) groups is 1. The number of esters is 1. The Labute approximate surface area is 275 Å². The minimum atomic E-state index is -4.14. The number of pyridine rings is 1. The molecule has 11 nitrogen and oxygen atoms in total. The third-order valence-corrected chi connectivity index (χ3v) is 9.30. The van der Waals surface area contributed by atoms with Crippen molar-refractivity contribution in [3.8, 4) is 5.75 Å². The fourth-order valence-corrected chi connectivity index (χ4v) is 6.85. The Balaban J connectivity index is 1.47. The Bertz CT molecular complexity index is 1820. The Hall–Kier alpha value is -4.28. The van der Waals surface area contributed by atoms with Gasteiger partial charge in [-0.15, -0.1) is 0 Å². The van der Waals surface area contributed by atoms with Crippen LogP contribution in [0.3, 0.4) is 0 Å². The maximum absolute atomic E-state index is 14.5. The predicted octanol–water partition coefficient (Wildman–Crippen LogP) is 7.36. The fraction of sp³-hybridized carbons (Fsp3) is 0.343. The molecular weight excluding hydrogens is 617 g/mol. The SMILES string of the molecule is CCCC[C@H](CO[P@@](=O)(N[C@@H](C)C(=O)OCc1ccccc1)Oc1ccccc1)n1c(COCC)nc2c(N)nc3ccccc3c21. The van der Waals surface area contributed by atoms with Gasteiger partial charge >= 0.3 is 13.7 Å². The van der Waals surface area contributed by atoms with E-state index in [2.05, 4.69) is 21.6 Å². The number of hydrogen-bond acceptors (Lipinski definition) is 9. The zero-order chi connectivity index (χ0) is 33.2. The van der Waals surface area contributed by atoms with Crippen molar-refractivity contribution in [2.75, 3.05) is 18.9 Å². The first-order chi connectivity index (χ1) is 22.8. The second-order valence-electron chi connectivity index (χ2n) is 11.2. The van der Waals surface area contributed by atoms with Crippen molar-refractivity contribution in [1.82, 2.24) is 19.6 Å². The van der Waals surface area contributed by atoms with Crippen LogP contribution in [0.1, 0.15) is 57.5 Å². The number of nitrogens with one attached hydrogen (secondary N) is 1. The largest absolute Gasteiger partial charge is 0.460 e. The first kappa shape index (κ1) is 34.1. The lowest BCUT2D eigenvalue weighted by Gasteiger charge is -2.27. The van der Waals surface area contributed by atoms with Gasteiger partial charge in [-0.05, 0) is 44.0 Å². The number of nitrogens with zero attached hydrogens (tertiary/aromatic N) is 3. The van der Waals surface area contributed by atoms with E-state index in [0.29, 0.717) is 35.9 Å². The lowest BCUT2D eigenvalue weighted by atomic mass is 10.1. The molecule has 0 aliphatic carbocycles. The number of aromatic nitrogens is 3. The van der Waals surface area contributed by atoms with Crippen LogP contribution in [-0.4, -0.2) is 39.8 Å². The molecule has 0 spiro atoms. The second-order valence-corrected chi connectivity index (χ2v) is 12.9. The van der Waals surface area contributed by atoms with Crippen molar-refractivity contribution >= 4 is 41.5 Å². The molecule has 0 aliphatic rings. The van der Waals surface area contributed by atoms with Gasteiger partial charge < -0.3 is 24.3 Å². The van der Waals surface area contributed by atoms with E-state index in [4.69, 9.17) is 29.2 Å². The molecule has 0 saturated carbocycles. The molecule has 5 rings (SSSR count). The maximum Gasteiger partial charge on any atom is 0.459 e. The molecule has 0 unspecified atom stereocenters. The number of rotatable bonds is 17. The Kier molecular flexibility index (Phi) is 11.6. The van der Waals surface area contributed by atoms with Gasteiger partial charge in [-0.2, -0.15) is 5.09 Å². The molecular formula is C35H42N5O6P. The summed E-state index contributed by atoms with van der Waals surface area (Å²) in [5.41, 5.74) is 9.37. The zero-order valence-corrected chi connectivity index (χ0v) is 27.9. The fourth-order valence-electron chi connectivity index (χ4n) is 5.32. The average molecular weight is 660 g/mol. The Morgan fingerprint density at radius 2 is 1.66 bits per heavy atom. The van der Waals surface area contributed by atoms with Crippen LogP contribution in [0.2, 0.25) is 0 Å². The topological polar surface area (TPSA) is 140 Å². The highest BCUT2D eigenvalue weighted by Crippen LogP contribution is 2.46.